The van der Waals surface area contributed by atoms with E-state index < -0.39 is 0 Å². The van der Waals surface area contributed by atoms with E-state index in [1.807, 2.05) is 13.8 Å². The normalized spacial score (nSPS) is 10.5. The number of aromatic nitrogens is 3. The van der Waals surface area contributed by atoms with Crippen molar-refractivity contribution in [2.24, 2.45) is 5.73 Å². The maximum absolute atomic E-state index is 7.43. The predicted molar refractivity (Wildman–Crippen MR) is 68.8 cm³/mol. The van der Waals surface area contributed by atoms with Crippen LogP contribution in [0.5, 0.6) is 0 Å². The van der Waals surface area contributed by atoms with Gasteiger partial charge < -0.3 is 5.73 Å². The second-order valence-electron chi connectivity index (χ2n) is 3.44. The number of hydrogen-bond acceptors (Lipinski definition) is 6. The van der Waals surface area contributed by atoms with Gasteiger partial charge in [-0.1, -0.05) is 11.3 Å². The Morgan fingerprint density at radius 1 is 1.35 bits per heavy atom. The number of nitrogens with zero attached hydrogens (tertiary/aromatic N) is 3. The molecular formula is C10H11N5S2. The summed E-state index contributed by atoms with van der Waals surface area (Å²) in [4.78, 5) is 4.37. The Labute approximate surface area is 107 Å². The first kappa shape index (κ1) is 12.0. The predicted octanol–water partition coefficient (Wildman–Crippen LogP) is 1.99. The summed E-state index contributed by atoms with van der Waals surface area (Å²) >= 11 is 2.95. The largest absolute Gasteiger partial charge is 0.384 e. The van der Waals surface area contributed by atoms with E-state index >= 15 is 0 Å². The molecule has 2 aromatic heterocycles. The second-order valence-corrected chi connectivity index (χ2v) is 5.89. The molecule has 0 saturated carbocycles. The van der Waals surface area contributed by atoms with Gasteiger partial charge in [-0.3, -0.25) is 5.41 Å². The highest BCUT2D eigenvalue weighted by molar-refractivity contribution is 8.01. The molecule has 0 unspecified atom stereocenters. The first-order valence-corrected chi connectivity index (χ1v) is 6.49. The van der Waals surface area contributed by atoms with Crippen LogP contribution in [-0.2, 0) is 0 Å². The van der Waals surface area contributed by atoms with Crippen LogP contribution in [0.4, 0.5) is 0 Å². The van der Waals surface area contributed by atoms with Gasteiger partial charge in [0, 0.05) is 11.3 Å². The lowest BCUT2D eigenvalue weighted by molar-refractivity contribution is 0.978. The fourth-order valence-electron chi connectivity index (χ4n) is 1.26. The van der Waals surface area contributed by atoms with Crippen molar-refractivity contribution in [2.45, 2.75) is 23.2 Å². The van der Waals surface area contributed by atoms with Crippen LogP contribution in [-0.4, -0.2) is 21.0 Å². The molecule has 0 aliphatic carbocycles. The van der Waals surface area contributed by atoms with Crippen LogP contribution in [0.15, 0.2) is 21.5 Å². The molecule has 2 rings (SSSR count). The number of amidine groups is 1. The van der Waals surface area contributed by atoms with Crippen molar-refractivity contribution in [1.82, 2.24) is 15.2 Å². The fraction of sp³-hybridized carbons (Fsp3) is 0.200. The number of nitrogen functional groups attached to an aromatic ring is 1. The Hall–Kier alpha value is -1.47. The van der Waals surface area contributed by atoms with E-state index in [1.165, 1.54) is 23.1 Å². The third kappa shape index (κ3) is 3.01. The van der Waals surface area contributed by atoms with Crippen molar-refractivity contribution in [1.29, 1.82) is 5.41 Å². The Morgan fingerprint density at radius 3 is 2.71 bits per heavy atom. The van der Waals surface area contributed by atoms with Crippen LogP contribution in [0.3, 0.4) is 0 Å². The molecule has 0 saturated heterocycles. The molecule has 5 nitrogen and oxygen atoms in total. The molecule has 0 amide bonds. The Kier molecular flexibility index (Phi) is 3.39. The Morgan fingerprint density at radius 2 is 2.12 bits per heavy atom. The average Bonchev–Trinajstić information content (AvgIpc) is 2.63. The minimum atomic E-state index is 0.0470. The lowest BCUT2D eigenvalue weighted by Gasteiger charge is -2.03. The van der Waals surface area contributed by atoms with Gasteiger partial charge in [-0.15, -0.1) is 10.2 Å². The summed E-state index contributed by atoms with van der Waals surface area (Å²) in [5.74, 6) is 0.0470. The summed E-state index contributed by atoms with van der Waals surface area (Å²) in [6, 6.07) is 3.58. The molecule has 0 spiro atoms. The minimum Gasteiger partial charge on any atom is -0.384 e. The van der Waals surface area contributed by atoms with E-state index in [0.29, 0.717) is 5.56 Å². The van der Waals surface area contributed by atoms with Gasteiger partial charge in [0.25, 0.3) is 0 Å². The molecule has 2 heterocycles. The molecule has 0 radical (unpaired) electrons. The summed E-state index contributed by atoms with van der Waals surface area (Å²) in [6.45, 7) is 3.79. The van der Waals surface area contributed by atoms with Gasteiger partial charge in [-0.05, 0) is 37.7 Å². The molecule has 0 fully saturated rings. The number of hydrogen-bond donors (Lipinski definition) is 2. The SMILES string of the molecule is Cc1cc(C(=N)N)cc(Sc2nnc(C)s2)n1. The first-order valence-electron chi connectivity index (χ1n) is 4.85. The lowest BCUT2D eigenvalue weighted by atomic mass is 10.2. The molecule has 17 heavy (non-hydrogen) atoms. The molecule has 0 aliphatic rings. The van der Waals surface area contributed by atoms with E-state index in [4.69, 9.17) is 11.1 Å². The quantitative estimate of drug-likeness (QED) is 0.654. The smallest absolute Gasteiger partial charge is 0.180 e. The molecule has 2 aromatic rings. The summed E-state index contributed by atoms with van der Waals surface area (Å²) < 4.78 is 0.843. The summed E-state index contributed by atoms with van der Waals surface area (Å²) in [5, 5.41) is 17.1. The zero-order valence-corrected chi connectivity index (χ0v) is 11.0. The highest BCUT2D eigenvalue weighted by Gasteiger charge is 2.07. The Balaban J connectivity index is 2.29. The molecule has 0 atom stereocenters. The highest BCUT2D eigenvalue weighted by Crippen LogP contribution is 2.29. The zero-order valence-electron chi connectivity index (χ0n) is 9.39. The number of pyridine rings is 1. The van der Waals surface area contributed by atoms with Crippen LogP contribution in [0.1, 0.15) is 16.3 Å². The maximum atomic E-state index is 7.43. The number of aryl methyl sites for hydroxylation is 2. The summed E-state index contributed by atoms with van der Waals surface area (Å²) in [5.41, 5.74) is 6.99. The van der Waals surface area contributed by atoms with Crippen molar-refractivity contribution in [3.8, 4) is 0 Å². The van der Waals surface area contributed by atoms with E-state index in [9.17, 15) is 0 Å². The van der Waals surface area contributed by atoms with Crippen molar-refractivity contribution in [3.63, 3.8) is 0 Å². The molecule has 0 aromatic carbocycles. The van der Waals surface area contributed by atoms with E-state index in [2.05, 4.69) is 15.2 Å². The first-order chi connectivity index (χ1) is 8.04. The van der Waals surface area contributed by atoms with Gasteiger partial charge >= 0.3 is 0 Å². The van der Waals surface area contributed by atoms with E-state index in [-0.39, 0.29) is 5.84 Å². The lowest BCUT2D eigenvalue weighted by Crippen LogP contribution is -2.11. The zero-order chi connectivity index (χ0) is 12.4. The Bertz CT molecular complexity index is 564. The molecule has 7 heteroatoms. The molecule has 3 N–H and O–H groups in total. The monoisotopic (exact) mass is 265 g/mol. The van der Waals surface area contributed by atoms with E-state index in [0.717, 1.165) is 20.1 Å². The number of rotatable bonds is 3. The standard InChI is InChI=1S/C10H11N5S2/c1-5-3-7(9(11)12)4-8(13-5)17-10-15-14-6(2)16-10/h3-4H,1-2H3,(H3,11,12). The van der Waals surface area contributed by atoms with Gasteiger partial charge in [0.2, 0.25) is 0 Å². The minimum absolute atomic E-state index is 0.0470. The fourth-order valence-corrected chi connectivity index (χ4v) is 3.09. The maximum Gasteiger partial charge on any atom is 0.180 e. The van der Waals surface area contributed by atoms with E-state index in [1.54, 1.807) is 12.1 Å². The van der Waals surface area contributed by atoms with Crippen molar-refractivity contribution in [2.75, 3.05) is 0 Å². The highest BCUT2D eigenvalue weighted by atomic mass is 32.2. The molecular weight excluding hydrogens is 254 g/mol. The molecule has 0 aliphatic heterocycles. The van der Waals surface area contributed by atoms with Crippen molar-refractivity contribution >= 4 is 28.9 Å². The molecule has 88 valence electrons. The van der Waals surface area contributed by atoms with Crippen LogP contribution < -0.4 is 5.73 Å². The summed E-state index contributed by atoms with van der Waals surface area (Å²) in [6.07, 6.45) is 0. The topological polar surface area (TPSA) is 88.5 Å². The number of nitrogens with one attached hydrogen (secondary N) is 1. The van der Waals surface area contributed by atoms with Crippen molar-refractivity contribution < 1.29 is 0 Å². The third-order valence-corrected chi connectivity index (χ3v) is 3.75. The van der Waals surface area contributed by atoms with Crippen LogP contribution in [0.2, 0.25) is 0 Å². The van der Waals surface area contributed by atoms with Gasteiger partial charge in [0.05, 0.1) is 0 Å². The van der Waals surface area contributed by atoms with Gasteiger partial charge in [0.15, 0.2) is 4.34 Å². The van der Waals surface area contributed by atoms with Gasteiger partial charge in [-0.25, -0.2) is 4.98 Å². The van der Waals surface area contributed by atoms with Gasteiger partial charge in [-0.2, -0.15) is 0 Å². The molecule has 0 bridgehead atoms. The van der Waals surface area contributed by atoms with Crippen LogP contribution in [0, 0.1) is 19.3 Å². The third-order valence-electron chi connectivity index (χ3n) is 1.94. The van der Waals surface area contributed by atoms with Crippen molar-refractivity contribution in [3.05, 3.63) is 28.4 Å². The average molecular weight is 265 g/mol. The second kappa shape index (κ2) is 4.80. The number of nitrogens with two attached hydrogens (primary N) is 1. The van der Waals surface area contributed by atoms with Gasteiger partial charge in [0.1, 0.15) is 15.9 Å². The summed E-state index contributed by atoms with van der Waals surface area (Å²) in [7, 11) is 0. The van der Waals surface area contributed by atoms with Crippen LogP contribution >= 0.6 is 23.1 Å². The van der Waals surface area contributed by atoms with Crippen LogP contribution in [0.25, 0.3) is 0 Å².